The van der Waals surface area contributed by atoms with E-state index in [0.29, 0.717) is 37.7 Å². The van der Waals surface area contributed by atoms with Gasteiger partial charge >= 0.3 is 0 Å². The van der Waals surface area contributed by atoms with Crippen LogP contribution in [0.3, 0.4) is 0 Å². The minimum atomic E-state index is -0.150. The minimum absolute atomic E-state index is 0.150. The van der Waals surface area contributed by atoms with Crippen LogP contribution in [0.25, 0.3) is 0 Å². The lowest BCUT2D eigenvalue weighted by atomic mass is 10.1. The van der Waals surface area contributed by atoms with Crippen molar-refractivity contribution in [3.63, 3.8) is 0 Å². The number of nitrogen functional groups attached to an aromatic ring is 1. The summed E-state index contributed by atoms with van der Waals surface area (Å²) in [6.07, 6.45) is 0. The molecule has 1 aromatic rings. The molecule has 0 unspecified atom stereocenters. The molecule has 0 fully saturated rings. The molecule has 19 heavy (non-hydrogen) atoms. The molecule has 108 valence electrons. The van der Waals surface area contributed by atoms with Crippen LogP contribution in [-0.4, -0.2) is 47.3 Å². The van der Waals surface area contributed by atoms with Gasteiger partial charge in [0.15, 0.2) is 5.69 Å². The highest BCUT2D eigenvalue weighted by molar-refractivity contribution is 5.97. The average molecular weight is 268 g/mol. The van der Waals surface area contributed by atoms with E-state index in [0.717, 1.165) is 5.69 Å². The summed E-state index contributed by atoms with van der Waals surface area (Å²) >= 11 is 0. The largest absolute Gasteiger partial charge is 0.395 e. The van der Waals surface area contributed by atoms with Crippen molar-refractivity contribution in [3.05, 3.63) is 11.4 Å². The van der Waals surface area contributed by atoms with Gasteiger partial charge in [0.05, 0.1) is 18.0 Å². The quantitative estimate of drug-likeness (QED) is 0.736. The number of carbonyl (C=O) groups excluding carboxylic acids is 1. The molecule has 0 spiro atoms. The molecular weight excluding hydrogens is 244 g/mol. The van der Waals surface area contributed by atoms with Crippen LogP contribution in [0.4, 0.5) is 5.69 Å². The van der Waals surface area contributed by atoms with Crippen molar-refractivity contribution in [2.75, 3.05) is 32.0 Å². The number of carbonyl (C=O) groups is 1. The molecular formula is C13H24N4O2. The smallest absolute Gasteiger partial charge is 0.276 e. The fourth-order valence-corrected chi connectivity index (χ4v) is 1.84. The minimum Gasteiger partial charge on any atom is -0.395 e. The van der Waals surface area contributed by atoms with Crippen molar-refractivity contribution in [2.45, 2.75) is 33.6 Å². The zero-order valence-electron chi connectivity index (χ0n) is 12.2. The van der Waals surface area contributed by atoms with Gasteiger partial charge in [-0.3, -0.25) is 9.89 Å². The van der Waals surface area contributed by atoms with E-state index in [9.17, 15) is 4.79 Å². The number of anilines is 1. The monoisotopic (exact) mass is 268 g/mol. The Labute approximate surface area is 114 Å². The van der Waals surface area contributed by atoms with Gasteiger partial charge in [-0.1, -0.05) is 13.8 Å². The molecule has 0 aliphatic heterocycles. The van der Waals surface area contributed by atoms with Gasteiger partial charge in [0.1, 0.15) is 0 Å². The van der Waals surface area contributed by atoms with E-state index in [2.05, 4.69) is 10.2 Å². The number of amides is 1. The first-order chi connectivity index (χ1) is 9.02. The fraction of sp³-hybridized carbons (Fsp3) is 0.692. The molecule has 0 saturated heterocycles. The Morgan fingerprint density at radius 2 is 2.16 bits per heavy atom. The van der Waals surface area contributed by atoms with Crippen molar-refractivity contribution in [2.24, 2.45) is 0 Å². The van der Waals surface area contributed by atoms with Gasteiger partial charge < -0.3 is 15.4 Å². The zero-order valence-corrected chi connectivity index (χ0v) is 12.2. The highest BCUT2D eigenvalue weighted by Crippen LogP contribution is 2.22. The van der Waals surface area contributed by atoms with Crippen LogP contribution < -0.4 is 5.73 Å². The molecule has 6 heteroatoms. The van der Waals surface area contributed by atoms with Gasteiger partial charge in [0, 0.05) is 19.7 Å². The number of aromatic nitrogens is 2. The maximum Gasteiger partial charge on any atom is 0.276 e. The summed E-state index contributed by atoms with van der Waals surface area (Å²) in [5, 5.41) is 6.90. The molecule has 0 radical (unpaired) electrons. The molecule has 0 aliphatic rings. The normalized spacial score (nSPS) is 11.0. The molecule has 0 atom stereocenters. The van der Waals surface area contributed by atoms with Crippen molar-refractivity contribution in [1.82, 2.24) is 15.1 Å². The summed E-state index contributed by atoms with van der Waals surface area (Å²) in [5.74, 6) is 0.0652. The Morgan fingerprint density at radius 3 is 2.63 bits per heavy atom. The van der Waals surface area contributed by atoms with Gasteiger partial charge in [0.2, 0.25) is 0 Å². The molecule has 6 nitrogen and oxygen atoms in total. The standard InChI is InChI=1S/C13H24N4O2/c1-5-17(7-8-19-6-2)13(18)12-10(14)11(9(3)4)15-16-12/h9H,5-8,14H2,1-4H3,(H,15,16). The second-order valence-electron chi connectivity index (χ2n) is 4.64. The summed E-state index contributed by atoms with van der Waals surface area (Å²) in [7, 11) is 0. The van der Waals surface area contributed by atoms with Crippen molar-refractivity contribution < 1.29 is 9.53 Å². The average Bonchev–Trinajstić information content (AvgIpc) is 2.76. The number of hydrogen-bond donors (Lipinski definition) is 2. The zero-order chi connectivity index (χ0) is 14.4. The third-order valence-corrected chi connectivity index (χ3v) is 2.99. The molecule has 0 aromatic carbocycles. The van der Waals surface area contributed by atoms with Gasteiger partial charge in [-0.25, -0.2) is 0 Å². The van der Waals surface area contributed by atoms with Crippen molar-refractivity contribution >= 4 is 11.6 Å². The summed E-state index contributed by atoms with van der Waals surface area (Å²) in [6.45, 7) is 10.2. The number of ether oxygens (including phenoxy) is 1. The second-order valence-corrected chi connectivity index (χ2v) is 4.64. The summed E-state index contributed by atoms with van der Waals surface area (Å²) in [6, 6.07) is 0. The number of nitrogens with zero attached hydrogens (tertiary/aromatic N) is 2. The number of aromatic amines is 1. The van der Waals surface area contributed by atoms with E-state index in [1.54, 1.807) is 4.90 Å². The molecule has 3 N–H and O–H groups in total. The Balaban J connectivity index is 2.80. The molecule has 0 aliphatic carbocycles. The lowest BCUT2D eigenvalue weighted by Gasteiger charge is -2.19. The van der Waals surface area contributed by atoms with Crippen LogP contribution in [-0.2, 0) is 4.74 Å². The Hall–Kier alpha value is -1.56. The van der Waals surface area contributed by atoms with Gasteiger partial charge in [-0.2, -0.15) is 5.10 Å². The number of nitrogens with one attached hydrogen (secondary N) is 1. The molecule has 1 aromatic heterocycles. The van der Waals surface area contributed by atoms with E-state index in [1.807, 2.05) is 27.7 Å². The van der Waals surface area contributed by atoms with Crippen LogP contribution in [0.5, 0.6) is 0 Å². The van der Waals surface area contributed by atoms with Crippen LogP contribution in [0.1, 0.15) is 49.8 Å². The number of hydrogen-bond acceptors (Lipinski definition) is 4. The van der Waals surface area contributed by atoms with E-state index in [4.69, 9.17) is 10.5 Å². The molecule has 1 rings (SSSR count). The third-order valence-electron chi connectivity index (χ3n) is 2.99. The van der Waals surface area contributed by atoms with E-state index < -0.39 is 0 Å². The highest BCUT2D eigenvalue weighted by atomic mass is 16.5. The number of H-pyrrole nitrogens is 1. The summed E-state index contributed by atoms with van der Waals surface area (Å²) in [4.78, 5) is 14.0. The summed E-state index contributed by atoms with van der Waals surface area (Å²) < 4.78 is 5.27. The fourth-order valence-electron chi connectivity index (χ4n) is 1.84. The highest BCUT2D eigenvalue weighted by Gasteiger charge is 2.22. The van der Waals surface area contributed by atoms with E-state index in [-0.39, 0.29) is 11.8 Å². The van der Waals surface area contributed by atoms with E-state index >= 15 is 0 Å². The lowest BCUT2D eigenvalue weighted by molar-refractivity contribution is 0.0664. The first-order valence-electron chi connectivity index (χ1n) is 6.73. The van der Waals surface area contributed by atoms with Gasteiger partial charge in [0.25, 0.3) is 5.91 Å². The molecule has 0 saturated carbocycles. The van der Waals surface area contributed by atoms with Crippen LogP contribution in [0.2, 0.25) is 0 Å². The van der Waals surface area contributed by atoms with Crippen molar-refractivity contribution in [1.29, 1.82) is 0 Å². The van der Waals surface area contributed by atoms with Crippen LogP contribution in [0, 0.1) is 0 Å². The summed E-state index contributed by atoms with van der Waals surface area (Å²) in [5.41, 5.74) is 7.55. The SMILES string of the molecule is CCOCCN(CC)C(=O)c1n[nH]c(C(C)C)c1N. The number of likely N-dealkylation sites (N-methyl/N-ethyl adjacent to an activating group) is 1. The van der Waals surface area contributed by atoms with Gasteiger partial charge in [-0.15, -0.1) is 0 Å². The Bertz CT molecular complexity index is 415. The molecule has 1 heterocycles. The van der Waals surface area contributed by atoms with Gasteiger partial charge in [-0.05, 0) is 19.8 Å². The lowest BCUT2D eigenvalue weighted by Crippen LogP contribution is -2.34. The predicted octanol–water partition coefficient (Wildman–Crippen LogP) is 1.61. The topological polar surface area (TPSA) is 84.2 Å². The Kier molecular flexibility index (Phi) is 5.82. The maximum atomic E-state index is 12.3. The molecule has 1 amide bonds. The number of nitrogens with two attached hydrogens (primary N) is 1. The van der Waals surface area contributed by atoms with Crippen LogP contribution in [0.15, 0.2) is 0 Å². The maximum absolute atomic E-state index is 12.3. The predicted molar refractivity (Wildman–Crippen MR) is 75.2 cm³/mol. The first kappa shape index (κ1) is 15.5. The van der Waals surface area contributed by atoms with Crippen LogP contribution >= 0.6 is 0 Å². The molecule has 0 bridgehead atoms. The Morgan fingerprint density at radius 1 is 1.47 bits per heavy atom. The van der Waals surface area contributed by atoms with Crippen molar-refractivity contribution in [3.8, 4) is 0 Å². The second kappa shape index (κ2) is 7.13. The number of rotatable bonds is 7. The third kappa shape index (κ3) is 3.70. The first-order valence-corrected chi connectivity index (χ1v) is 6.73. The van der Waals surface area contributed by atoms with E-state index in [1.165, 1.54) is 0 Å².